The normalized spacial score (nSPS) is 23.9. The van der Waals surface area contributed by atoms with Crippen LogP contribution in [0.1, 0.15) is 90.0 Å². The molecule has 7 nitrogen and oxygen atoms in total. The third-order valence-corrected chi connectivity index (χ3v) is 8.11. The third kappa shape index (κ3) is 6.67. The summed E-state index contributed by atoms with van der Waals surface area (Å²) in [4.78, 5) is 28.8. The van der Waals surface area contributed by atoms with Crippen LogP contribution in [0.15, 0.2) is 60.7 Å². The number of benzene rings is 2. The zero-order valence-corrected chi connectivity index (χ0v) is 23.9. The van der Waals surface area contributed by atoms with Crippen molar-refractivity contribution in [2.75, 3.05) is 6.61 Å². The molecular formula is C31H42BNO6. The van der Waals surface area contributed by atoms with Crippen LogP contribution in [0, 0.1) is 0 Å². The zero-order chi connectivity index (χ0) is 28.0. The maximum atomic E-state index is 13.6. The van der Waals surface area contributed by atoms with Gasteiger partial charge < -0.3 is 18.8 Å². The van der Waals surface area contributed by atoms with Crippen LogP contribution >= 0.6 is 0 Å². The van der Waals surface area contributed by atoms with Crippen molar-refractivity contribution in [2.45, 2.75) is 102 Å². The van der Waals surface area contributed by atoms with E-state index in [0.717, 1.165) is 30.4 Å². The number of rotatable bonds is 10. The fourth-order valence-electron chi connectivity index (χ4n) is 5.21. The SMILES string of the molecule is CCCCOC(=O)N1[C@H](CCCCB2OC(C)(C)C(C)(C)O2)C(=O)O[C@@H](c2ccccc2)[C@H]1c1ccccc1. The lowest BCUT2D eigenvalue weighted by Gasteiger charge is -2.44. The van der Waals surface area contributed by atoms with E-state index >= 15 is 0 Å². The number of esters is 1. The molecule has 0 aromatic heterocycles. The van der Waals surface area contributed by atoms with Gasteiger partial charge in [0.15, 0.2) is 6.10 Å². The lowest BCUT2D eigenvalue weighted by atomic mass is 9.81. The van der Waals surface area contributed by atoms with E-state index in [1.54, 1.807) is 4.90 Å². The molecule has 0 spiro atoms. The summed E-state index contributed by atoms with van der Waals surface area (Å²) in [7, 11) is -0.289. The summed E-state index contributed by atoms with van der Waals surface area (Å²) in [5.41, 5.74) is 0.983. The largest absolute Gasteiger partial charge is 0.457 e. The van der Waals surface area contributed by atoms with Crippen molar-refractivity contribution in [3.63, 3.8) is 0 Å². The maximum Gasteiger partial charge on any atom is 0.457 e. The Bertz CT molecular complexity index is 1080. The Balaban J connectivity index is 1.55. The van der Waals surface area contributed by atoms with E-state index in [1.807, 2.05) is 95.3 Å². The van der Waals surface area contributed by atoms with Crippen LogP contribution < -0.4 is 0 Å². The molecule has 0 radical (unpaired) electrons. The standard InChI is InChI=1S/C31H42BNO6/c1-6-7-22-36-29(35)33-25(20-14-15-21-32-38-30(2,3)31(4,5)39-32)28(34)37-27(24-18-12-9-13-19-24)26(33)23-16-10-8-11-17-23/h8-13,16-19,25-27H,6-7,14-15,20-22H2,1-5H3/t25-,26-,27+/m1/s1. The highest BCUT2D eigenvalue weighted by Gasteiger charge is 2.51. The smallest absolute Gasteiger partial charge is 0.453 e. The number of amides is 1. The number of nitrogens with zero attached hydrogens (tertiary/aromatic N) is 1. The average molecular weight is 535 g/mol. The van der Waals surface area contributed by atoms with Crippen molar-refractivity contribution in [2.24, 2.45) is 0 Å². The van der Waals surface area contributed by atoms with Crippen LogP contribution in [0.2, 0.25) is 6.32 Å². The molecule has 2 aliphatic rings. The fraction of sp³-hybridized carbons (Fsp3) is 0.548. The minimum absolute atomic E-state index is 0.289. The first-order valence-corrected chi connectivity index (χ1v) is 14.3. The predicted molar refractivity (Wildman–Crippen MR) is 151 cm³/mol. The molecule has 2 aromatic rings. The van der Waals surface area contributed by atoms with Gasteiger partial charge in [0.05, 0.1) is 17.8 Å². The number of cyclic esters (lactones) is 1. The topological polar surface area (TPSA) is 74.3 Å². The first kappa shape index (κ1) is 29.2. The van der Waals surface area contributed by atoms with Gasteiger partial charge in [0.2, 0.25) is 0 Å². The number of unbranched alkanes of at least 4 members (excludes halogenated alkanes) is 2. The molecule has 2 heterocycles. The van der Waals surface area contributed by atoms with Crippen molar-refractivity contribution < 1.29 is 28.4 Å². The number of carbonyl (C=O) groups excluding carboxylic acids is 2. The summed E-state index contributed by atoms with van der Waals surface area (Å²) in [6, 6.07) is 18.1. The van der Waals surface area contributed by atoms with Crippen molar-refractivity contribution >= 4 is 19.2 Å². The molecule has 2 aliphatic heterocycles. The molecule has 8 heteroatoms. The Hall–Kier alpha value is -2.84. The lowest BCUT2D eigenvalue weighted by molar-refractivity contribution is -0.173. The molecule has 2 fully saturated rings. The highest BCUT2D eigenvalue weighted by atomic mass is 16.7. The molecule has 4 rings (SSSR count). The second-order valence-corrected chi connectivity index (χ2v) is 11.5. The Kier molecular flexibility index (Phi) is 9.39. The van der Waals surface area contributed by atoms with Crippen molar-refractivity contribution in [3.05, 3.63) is 71.8 Å². The predicted octanol–water partition coefficient (Wildman–Crippen LogP) is 6.90. The Morgan fingerprint density at radius 3 is 2.08 bits per heavy atom. The van der Waals surface area contributed by atoms with Crippen LogP contribution in [0.25, 0.3) is 0 Å². The molecule has 210 valence electrons. The van der Waals surface area contributed by atoms with Gasteiger partial charge in [0, 0.05) is 0 Å². The molecule has 2 aromatic carbocycles. The number of hydrogen-bond acceptors (Lipinski definition) is 6. The second-order valence-electron chi connectivity index (χ2n) is 11.5. The quantitative estimate of drug-likeness (QED) is 0.187. The molecule has 2 saturated heterocycles. The van der Waals surface area contributed by atoms with E-state index in [2.05, 4.69) is 0 Å². The van der Waals surface area contributed by atoms with Gasteiger partial charge in [-0.05, 0) is 58.0 Å². The molecule has 0 unspecified atom stereocenters. The first-order valence-electron chi connectivity index (χ1n) is 14.3. The molecule has 0 saturated carbocycles. The first-order chi connectivity index (χ1) is 18.6. The molecule has 3 atom stereocenters. The monoisotopic (exact) mass is 535 g/mol. The fourth-order valence-corrected chi connectivity index (χ4v) is 5.21. The van der Waals surface area contributed by atoms with Gasteiger partial charge in [-0.15, -0.1) is 0 Å². The summed E-state index contributed by atoms with van der Waals surface area (Å²) < 4.78 is 24.1. The van der Waals surface area contributed by atoms with E-state index in [9.17, 15) is 9.59 Å². The van der Waals surface area contributed by atoms with E-state index in [-0.39, 0.29) is 18.3 Å². The van der Waals surface area contributed by atoms with Crippen molar-refractivity contribution in [1.29, 1.82) is 0 Å². The summed E-state index contributed by atoms with van der Waals surface area (Å²) in [5.74, 6) is -0.404. The van der Waals surface area contributed by atoms with Gasteiger partial charge in [-0.2, -0.15) is 0 Å². The zero-order valence-electron chi connectivity index (χ0n) is 23.9. The molecule has 0 aliphatic carbocycles. The highest BCUT2D eigenvalue weighted by Crippen LogP contribution is 2.44. The molecule has 0 bridgehead atoms. The van der Waals surface area contributed by atoms with Crippen LogP contribution in [0.5, 0.6) is 0 Å². The summed E-state index contributed by atoms with van der Waals surface area (Å²) >= 11 is 0. The van der Waals surface area contributed by atoms with E-state index in [0.29, 0.717) is 25.8 Å². The minimum Gasteiger partial charge on any atom is -0.453 e. The average Bonchev–Trinajstić information content (AvgIpc) is 3.13. The lowest BCUT2D eigenvalue weighted by Crippen LogP contribution is -2.54. The summed E-state index contributed by atoms with van der Waals surface area (Å²) in [6.07, 6.45) is 3.23. The number of morpholine rings is 1. The van der Waals surface area contributed by atoms with Gasteiger partial charge in [-0.3, -0.25) is 4.90 Å². The highest BCUT2D eigenvalue weighted by molar-refractivity contribution is 6.45. The van der Waals surface area contributed by atoms with E-state index in [1.165, 1.54) is 0 Å². The van der Waals surface area contributed by atoms with Crippen molar-refractivity contribution in [3.8, 4) is 0 Å². The van der Waals surface area contributed by atoms with Gasteiger partial charge in [0.25, 0.3) is 0 Å². The van der Waals surface area contributed by atoms with E-state index < -0.39 is 30.3 Å². The Morgan fingerprint density at radius 2 is 1.49 bits per heavy atom. The Morgan fingerprint density at radius 1 is 0.897 bits per heavy atom. The molecule has 39 heavy (non-hydrogen) atoms. The molecule has 0 N–H and O–H groups in total. The summed E-state index contributed by atoms with van der Waals surface area (Å²) in [5, 5.41) is 0. The van der Waals surface area contributed by atoms with Crippen LogP contribution in [-0.2, 0) is 23.6 Å². The van der Waals surface area contributed by atoms with Crippen LogP contribution in [0.3, 0.4) is 0 Å². The van der Waals surface area contributed by atoms with Crippen molar-refractivity contribution in [1.82, 2.24) is 4.90 Å². The van der Waals surface area contributed by atoms with Gasteiger partial charge in [-0.1, -0.05) is 86.8 Å². The number of hydrogen-bond donors (Lipinski definition) is 0. The van der Waals surface area contributed by atoms with Gasteiger partial charge in [0.1, 0.15) is 12.1 Å². The maximum absolute atomic E-state index is 13.6. The minimum atomic E-state index is -0.748. The van der Waals surface area contributed by atoms with Crippen LogP contribution in [-0.4, -0.2) is 47.9 Å². The number of ether oxygens (including phenoxy) is 2. The molecular weight excluding hydrogens is 493 g/mol. The second kappa shape index (κ2) is 12.6. The summed E-state index contributed by atoms with van der Waals surface area (Å²) in [6.45, 7) is 10.5. The van der Waals surface area contributed by atoms with Crippen LogP contribution in [0.4, 0.5) is 4.79 Å². The van der Waals surface area contributed by atoms with E-state index in [4.69, 9.17) is 18.8 Å². The van der Waals surface area contributed by atoms with Gasteiger partial charge in [-0.25, -0.2) is 9.59 Å². The number of carbonyl (C=O) groups is 2. The Labute approximate surface area is 233 Å². The van der Waals surface area contributed by atoms with Gasteiger partial charge >= 0.3 is 19.2 Å². The molecule has 1 amide bonds. The third-order valence-electron chi connectivity index (χ3n) is 8.11.